The second-order valence-electron chi connectivity index (χ2n) is 8.14. The molecule has 1 aliphatic heterocycles. The topological polar surface area (TPSA) is 89.2 Å². The van der Waals surface area contributed by atoms with Crippen molar-refractivity contribution in [3.05, 3.63) is 71.4 Å². The van der Waals surface area contributed by atoms with Crippen LogP contribution in [0.2, 0.25) is 0 Å². The van der Waals surface area contributed by atoms with Crippen LogP contribution in [0.15, 0.2) is 60.3 Å². The van der Waals surface area contributed by atoms with E-state index in [0.29, 0.717) is 31.0 Å². The van der Waals surface area contributed by atoms with Gasteiger partial charge in [-0.15, -0.1) is 0 Å². The molecular weight excluding hydrogens is 428 g/mol. The number of carbonyl (C=O) groups excluding carboxylic acids is 1. The number of nitrogens with one attached hydrogen (secondary N) is 1. The molecule has 174 valence electrons. The van der Waals surface area contributed by atoms with E-state index in [-0.39, 0.29) is 11.7 Å². The summed E-state index contributed by atoms with van der Waals surface area (Å²) < 4.78 is 12.9. The predicted octanol–water partition coefficient (Wildman–Crippen LogP) is 4.45. The van der Waals surface area contributed by atoms with Crippen LogP contribution < -0.4 is 10.1 Å². The average molecular weight is 457 g/mol. The largest absolute Gasteiger partial charge is 0.494 e. The van der Waals surface area contributed by atoms with Crippen LogP contribution in [0.3, 0.4) is 0 Å². The summed E-state index contributed by atoms with van der Waals surface area (Å²) in [5.41, 5.74) is 4.16. The Labute approximate surface area is 199 Å². The number of carbonyl (C=O) groups is 1. The number of aryl methyl sites for hydroxylation is 1. The lowest BCUT2D eigenvalue weighted by atomic mass is 10.0. The highest BCUT2D eigenvalue weighted by atomic mass is 16.5. The molecule has 1 unspecified atom stereocenters. The molecule has 3 aromatic rings. The molecule has 0 bridgehead atoms. The number of aromatic nitrogens is 2. The number of nitriles is 1. The van der Waals surface area contributed by atoms with Gasteiger partial charge in [-0.1, -0.05) is 18.2 Å². The molecule has 1 amide bonds. The quantitative estimate of drug-likeness (QED) is 0.400. The van der Waals surface area contributed by atoms with E-state index in [2.05, 4.69) is 5.32 Å². The van der Waals surface area contributed by atoms with Crippen LogP contribution in [-0.4, -0.2) is 41.6 Å². The maximum absolute atomic E-state index is 12.7. The van der Waals surface area contributed by atoms with Crippen LogP contribution in [0.4, 0.5) is 0 Å². The van der Waals surface area contributed by atoms with Gasteiger partial charge in [0.1, 0.15) is 23.1 Å². The molecule has 0 spiro atoms. The minimum Gasteiger partial charge on any atom is -0.494 e. The van der Waals surface area contributed by atoms with Crippen LogP contribution in [-0.2, 0) is 9.53 Å². The lowest BCUT2D eigenvalue weighted by Crippen LogP contribution is -2.32. The van der Waals surface area contributed by atoms with Crippen molar-refractivity contribution >= 4 is 12.0 Å². The summed E-state index contributed by atoms with van der Waals surface area (Å²) in [6, 6.07) is 17.6. The number of rotatable bonds is 8. The summed E-state index contributed by atoms with van der Waals surface area (Å²) in [7, 11) is 0. The number of nitrogens with zero attached hydrogens (tertiary/aromatic N) is 3. The summed E-state index contributed by atoms with van der Waals surface area (Å²) >= 11 is 0. The van der Waals surface area contributed by atoms with E-state index in [0.717, 1.165) is 35.4 Å². The molecule has 1 N–H and O–H groups in total. The number of hydrogen-bond acceptors (Lipinski definition) is 5. The Morgan fingerprint density at radius 3 is 2.82 bits per heavy atom. The lowest BCUT2D eigenvalue weighted by Gasteiger charge is -2.10. The van der Waals surface area contributed by atoms with Gasteiger partial charge in [0.25, 0.3) is 5.91 Å². The van der Waals surface area contributed by atoms with E-state index >= 15 is 0 Å². The first-order valence-corrected chi connectivity index (χ1v) is 11.5. The normalized spacial score (nSPS) is 15.7. The zero-order valence-electron chi connectivity index (χ0n) is 19.5. The first kappa shape index (κ1) is 23.3. The molecule has 1 fully saturated rings. The Bertz CT molecular complexity index is 1220. The highest BCUT2D eigenvalue weighted by Gasteiger charge is 2.19. The number of amides is 1. The van der Waals surface area contributed by atoms with E-state index in [9.17, 15) is 10.1 Å². The zero-order valence-corrected chi connectivity index (χ0v) is 19.5. The summed E-state index contributed by atoms with van der Waals surface area (Å²) in [6.07, 6.45) is 5.35. The fourth-order valence-corrected chi connectivity index (χ4v) is 3.98. The molecule has 7 nitrogen and oxygen atoms in total. The summed E-state index contributed by atoms with van der Waals surface area (Å²) in [4.78, 5) is 12.7. The minimum atomic E-state index is -0.417. The van der Waals surface area contributed by atoms with Gasteiger partial charge in [0.15, 0.2) is 0 Å². The lowest BCUT2D eigenvalue weighted by molar-refractivity contribution is -0.117. The third-order valence-corrected chi connectivity index (χ3v) is 5.71. The fraction of sp³-hybridized carbons (Fsp3) is 0.296. The van der Waals surface area contributed by atoms with E-state index < -0.39 is 5.91 Å². The molecule has 0 radical (unpaired) electrons. The molecule has 1 aliphatic rings. The molecule has 4 rings (SSSR count). The van der Waals surface area contributed by atoms with Crippen molar-refractivity contribution in [1.82, 2.24) is 15.1 Å². The maximum Gasteiger partial charge on any atom is 0.262 e. The van der Waals surface area contributed by atoms with Gasteiger partial charge in [-0.3, -0.25) is 4.79 Å². The van der Waals surface area contributed by atoms with Crippen LogP contribution in [0.1, 0.15) is 30.9 Å². The standard InChI is InChI=1S/C27H28N4O3/c1-3-33-23-11-12-25(19(2)14-23)26-21(18-31(30-26)22-8-5-4-6-9-22)15-20(16-28)27(32)29-17-24-10-7-13-34-24/h4-6,8-9,11-12,14-15,18,24H,3,7,10,13,17H2,1-2H3,(H,29,32). The smallest absolute Gasteiger partial charge is 0.262 e. The van der Waals surface area contributed by atoms with Gasteiger partial charge in [-0.05, 0) is 68.7 Å². The number of hydrogen-bond donors (Lipinski definition) is 1. The molecule has 1 atom stereocenters. The van der Waals surface area contributed by atoms with Gasteiger partial charge >= 0.3 is 0 Å². The second-order valence-corrected chi connectivity index (χ2v) is 8.14. The summed E-state index contributed by atoms with van der Waals surface area (Å²) in [6.45, 7) is 5.63. The van der Waals surface area contributed by atoms with Crippen LogP contribution in [0.5, 0.6) is 5.75 Å². The van der Waals surface area contributed by atoms with Crippen LogP contribution >= 0.6 is 0 Å². The van der Waals surface area contributed by atoms with Crippen LogP contribution in [0, 0.1) is 18.3 Å². The molecule has 2 aromatic carbocycles. The first-order chi connectivity index (χ1) is 16.6. The Morgan fingerprint density at radius 2 is 2.15 bits per heavy atom. The summed E-state index contributed by atoms with van der Waals surface area (Å²) in [5, 5.41) is 17.4. The van der Waals surface area contributed by atoms with Crippen molar-refractivity contribution in [3.8, 4) is 28.8 Å². The van der Waals surface area contributed by atoms with E-state index in [1.165, 1.54) is 0 Å². The van der Waals surface area contributed by atoms with E-state index in [1.54, 1.807) is 10.8 Å². The predicted molar refractivity (Wildman–Crippen MR) is 130 cm³/mol. The Hall–Kier alpha value is -3.89. The van der Waals surface area contributed by atoms with Gasteiger partial charge in [-0.2, -0.15) is 10.4 Å². The zero-order chi connectivity index (χ0) is 23.9. The Kier molecular flexibility index (Phi) is 7.41. The van der Waals surface area contributed by atoms with Gasteiger partial charge in [0, 0.05) is 30.5 Å². The highest BCUT2D eigenvalue weighted by molar-refractivity contribution is 6.02. The van der Waals surface area contributed by atoms with Crippen molar-refractivity contribution in [1.29, 1.82) is 5.26 Å². The van der Waals surface area contributed by atoms with Gasteiger partial charge in [-0.25, -0.2) is 4.68 Å². The molecule has 1 aromatic heterocycles. The van der Waals surface area contributed by atoms with Crippen molar-refractivity contribution < 1.29 is 14.3 Å². The first-order valence-electron chi connectivity index (χ1n) is 11.5. The molecule has 0 aliphatic carbocycles. The number of ether oxygens (including phenoxy) is 2. The van der Waals surface area contributed by atoms with Gasteiger partial charge in [0.05, 0.1) is 18.4 Å². The third kappa shape index (κ3) is 5.36. The highest BCUT2D eigenvalue weighted by Crippen LogP contribution is 2.30. The Balaban J connectivity index is 1.70. The van der Waals surface area contributed by atoms with Crippen molar-refractivity contribution in [2.75, 3.05) is 19.8 Å². The monoisotopic (exact) mass is 456 g/mol. The van der Waals surface area contributed by atoms with Crippen molar-refractivity contribution in [3.63, 3.8) is 0 Å². The number of benzene rings is 2. The summed E-state index contributed by atoms with van der Waals surface area (Å²) in [5.74, 6) is 0.370. The SMILES string of the molecule is CCOc1ccc(-c2nn(-c3ccccc3)cc2C=C(C#N)C(=O)NCC2CCCO2)c(C)c1. The molecule has 7 heteroatoms. The van der Waals surface area contributed by atoms with Gasteiger partial charge in [0.2, 0.25) is 0 Å². The molecular formula is C27H28N4O3. The average Bonchev–Trinajstić information content (AvgIpc) is 3.52. The van der Waals surface area contributed by atoms with E-state index in [1.807, 2.05) is 74.6 Å². The molecule has 1 saturated heterocycles. The van der Waals surface area contributed by atoms with Crippen LogP contribution in [0.25, 0.3) is 23.0 Å². The third-order valence-electron chi connectivity index (χ3n) is 5.71. The van der Waals surface area contributed by atoms with Gasteiger partial charge < -0.3 is 14.8 Å². The fourth-order valence-electron chi connectivity index (χ4n) is 3.98. The molecule has 2 heterocycles. The molecule has 0 saturated carbocycles. The molecule has 34 heavy (non-hydrogen) atoms. The maximum atomic E-state index is 12.7. The second kappa shape index (κ2) is 10.8. The van der Waals surface area contributed by atoms with Crippen molar-refractivity contribution in [2.45, 2.75) is 32.8 Å². The van der Waals surface area contributed by atoms with E-state index in [4.69, 9.17) is 14.6 Å². The Morgan fingerprint density at radius 1 is 1.32 bits per heavy atom. The minimum absolute atomic E-state index is 0.00629. The van der Waals surface area contributed by atoms with Crippen molar-refractivity contribution in [2.24, 2.45) is 0 Å². The number of para-hydroxylation sites is 1.